The Hall–Kier alpha value is -2.96. The van der Waals surface area contributed by atoms with Gasteiger partial charge in [-0.2, -0.15) is 4.98 Å². The first-order chi connectivity index (χ1) is 10.6. The van der Waals surface area contributed by atoms with Gasteiger partial charge in [-0.15, -0.1) is 0 Å². The van der Waals surface area contributed by atoms with Gasteiger partial charge in [-0.1, -0.05) is 16.4 Å². The summed E-state index contributed by atoms with van der Waals surface area (Å²) in [6.45, 7) is 3.92. The Morgan fingerprint density at radius 2 is 2.00 bits per heavy atom. The number of hydrogen-bond donors (Lipinski definition) is 1. The summed E-state index contributed by atoms with van der Waals surface area (Å²) in [7, 11) is 0. The van der Waals surface area contributed by atoms with Crippen molar-refractivity contribution < 1.29 is 13.8 Å². The van der Waals surface area contributed by atoms with E-state index in [9.17, 15) is 4.79 Å². The van der Waals surface area contributed by atoms with Gasteiger partial charge in [-0.25, -0.2) is 0 Å². The van der Waals surface area contributed by atoms with Crippen LogP contribution in [0.4, 0.5) is 0 Å². The zero-order valence-corrected chi connectivity index (χ0v) is 12.0. The number of aryl methyl sites for hydroxylation is 2. The quantitative estimate of drug-likeness (QED) is 0.740. The number of nitrogens with zero attached hydrogens (tertiary/aromatic N) is 3. The van der Waals surface area contributed by atoms with Crippen molar-refractivity contribution in [3.63, 3.8) is 0 Å². The molecule has 0 saturated heterocycles. The third-order valence-corrected chi connectivity index (χ3v) is 3.65. The SMILES string of the molecule is Cc1noc(-c2ccc3c(c2)C(=O)NCc2onc(C)c2-3)n1. The largest absolute Gasteiger partial charge is 0.359 e. The van der Waals surface area contributed by atoms with Gasteiger partial charge in [0.1, 0.15) is 0 Å². The zero-order chi connectivity index (χ0) is 15.3. The molecule has 0 spiro atoms. The van der Waals surface area contributed by atoms with Crippen LogP contribution in [0.2, 0.25) is 0 Å². The van der Waals surface area contributed by atoms with Crippen molar-refractivity contribution in [2.24, 2.45) is 0 Å². The Labute approximate surface area is 125 Å². The molecule has 0 aliphatic carbocycles. The van der Waals surface area contributed by atoms with Crippen molar-refractivity contribution in [3.8, 4) is 22.6 Å². The molecule has 110 valence electrons. The third-order valence-electron chi connectivity index (χ3n) is 3.65. The van der Waals surface area contributed by atoms with Crippen LogP contribution in [0.1, 0.15) is 27.6 Å². The number of fused-ring (bicyclic) bond motifs is 3. The molecule has 0 atom stereocenters. The molecular weight excluding hydrogens is 284 g/mol. The van der Waals surface area contributed by atoms with Gasteiger partial charge in [0.25, 0.3) is 11.8 Å². The molecule has 22 heavy (non-hydrogen) atoms. The number of nitrogens with one attached hydrogen (secondary N) is 1. The van der Waals surface area contributed by atoms with E-state index < -0.39 is 0 Å². The van der Waals surface area contributed by atoms with E-state index in [0.717, 1.165) is 16.8 Å². The van der Waals surface area contributed by atoms with Gasteiger partial charge in [0.2, 0.25) is 0 Å². The minimum atomic E-state index is -0.168. The van der Waals surface area contributed by atoms with Crippen LogP contribution in [0.25, 0.3) is 22.6 Å². The highest BCUT2D eigenvalue weighted by Crippen LogP contribution is 2.34. The van der Waals surface area contributed by atoms with Crippen LogP contribution in [-0.4, -0.2) is 21.2 Å². The standard InChI is InChI=1S/C15H12N4O3/c1-7-13-10-4-3-9(15-17-8(2)19-22-15)5-11(10)14(20)16-6-12(13)21-18-7/h3-5H,6H2,1-2H3,(H,16,20). The Morgan fingerprint density at radius 1 is 1.14 bits per heavy atom. The fraction of sp³-hybridized carbons (Fsp3) is 0.200. The number of carbonyl (C=O) groups excluding carboxylic acids is 1. The molecule has 0 fully saturated rings. The molecule has 3 heterocycles. The van der Waals surface area contributed by atoms with Gasteiger partial charge in [0, 0.05) is 11.1 Å². The predicted octanol–water partition coefficient (Wildman–Crippen LogP) is 2.25. The second-order valence-corrected chi connectivity index (χ2v) is 5.16. The molecule has 7 nitrogen and oxygen atoms in total. The lowest BCUT2D eigenvalue weighted by Gasteiger charge is -2.06. The molecule has 1 amide bonds. The lowest BCUT2D eigenvalue weighted by Crippen LogP contribution is -2.21. The molecule has 1 N–H and O–H groups in total. The van der Waals surface area contributed by atoms with Crippen molar-refractivity contribution >= 4 is 5.91 Å². The lowest BCUT2D eigenvalue weighted by molar-refractivity contribution is 0.0949. The van der Waals surface area contributed by atoms with E-state index in [4.69, 9.17) is 9.05 Å². The monoisotopic (exact) mass is 296 g/mol. The van der Waals surface area contributed by atoms with Crippen molar-refractivity contribution in [2.45, 2.75) is 20.4 Å². The second-order valence-electron chi connectivity index (χ2n) is 5.16. The van der Waals surface area contributed by atoms with E-state index in [2.05, 4.69) is 20.6 Å². The number of benzene rings is 1. The van der Waals surface area contributed by atoms with Crippen molar-refractivity contribution in [2.75, 3.05) is 0 Å². The molecule has 7 heteroatoms. The zero-order valence-electron chi connectivity index (χ0n) is 12.0. The first-order valence-electron chi connectivity index (χ1n) is 6.82. The molecule has 0 saturated carbocycles. The van der Waals surface area contributed by atoms with Gasteiger partial charge < -0.3 is 14.4 Å². The molecule has 0 radical (unpaired) electrons. The van der Waals surface area contributed by atoms with Crippen LogP contribution < -0.4 is 5.32 Å². The van der Waals surface area contributed by atoms with E-state index in [1.807, 2.05) is 19.1 Å². The maximum absolute atomic E-state index is 12.3. The third kappa shape index (κ3) is 1.82. The summed E-state index contributed by atoms with van der Waals surface area (Å²) in [5.41, 5.74) is 3.66. The average molecular weight is 296 g/mol. The van der Waals surface area contributed by atoms with Crippen LogP contribution in [0, 0.1) is 13.8 Å². The molecule has 1 aliphatic heterocycles. The average Bonchev–Trinajstić information content (AvgIpc) is 3.07. The van der Waals surface area contributed by atoms with E-state index in [1.54, 1.807) is 13.0 Å². The molecule has 0 unspecified atom stereocenters. The number of amides is 1. The fourth-order valence-electron chi connectivity index (χ4n) is 2.64. The summed E-state index contributed by atoms with van der Waals surface area (Å²) in [6, 6.07) is 5.46. The van der Waals surface area contributed by atoms with Crippen LogP contribution in [0.15, 0.2) is 27.2 Å². The molecular formula is C15H12N4O3. The molecule has 0 bridgehead atoms. The van der Waals surface area contributed by atoms with Crippen molar-refractivity contribution in [1.82, 2.24) is 20.6 Å². The van der Waals surface area contributed by atoms with Crippen LogP contribution in [0.5, 0.6) is 0 Å². The topological polar surface area (TPSA) is 94.1 Å². The molecule has 1 aromatic carbocycles. The lowest BCUT2D eigenvalue weighted by atomic mass is 9.97. The minimum absolute atomic E-state index is 0.168. The number of hydrogen-bond acceptors (Lipinski definition) is 6. The van der Waals surface area contributed by atoms with Gasteiger partial charge in [0.05, 0.1) is 17.8 Å². The normalized spacial score (nSPS) is 13.3. The predicted molar refractivity (Wildman–Crippen MR) is 75.9 cm³/mol. The summed E-state index contributed by atoms with van der Waals surface area (Å²) in [5.74, 6) is 1.43. The number of carbonyl (C=O) groups is 1. The Kier molecular flexibility index (Phi) is 2.62. The summed E-state index contributed by atoms with van der Waals surface area (Å²) < 4.78 is 10.4. The number of rotatable bonds is 1. The maximum Gasteiger partial charge on any atom is 0.257 e. The summed E-state index contributed by atoms with van der Waals surface area (Å²) in [4.78, 5) is 16.5. The molecule has 2 aromatic heterocycles. The highest BCUT2D eigenvalue weighted by Gasteiger charge is 2.25. The van der Waals surface area contributed by atoms with Crippen LogP contribution in [0.3, 0.4) is 0 Å². The highest BCUT2D eigenvalue weighted by molar-refractivity contribution is 6.03. The van der Waals surface area contributed by atoms with Crippen molar-refractivity contribution in [1.29, 1.82) is 0 Å². The van der Waals surface area contributed by atoms with E-state index in [1.165, 1.54) is 0 Å². The van der Waals surface area contributed by atoms with Gasteiger partial charge in [-0.3, -0.25) is 4.79 Å². The minimum Gasteiger partial charge on any atom is -0.359 e. The van der Waals surface area contributed by atoms with E-state index in [0.29, 0.717) is 35.1 Å². The summed E-state index contributed by atoms with van der Waals surface area (Å²) in [6.07, 6.45) is 0. The van der Waals surface area contributed by atoms with E-state index in [-0.39, 0.29) is 5.91 Å². The van der Waals surface area contributed by atoms with Crippen molar-refractivity contribution in [3.05, 3.63) is 41.0 Å². The Balaban J connectivity index is 1.92. The van der Waals surface area contributed by atoms with Crippen LogP contribution in [-0.2, 0) is 6.54 Å². The molecule has 3 aromatic rings. The summed E-state index contributed by atoms with van der Waals surface area (Å²) >= 11 is 0. The maximum atomic E-state index is 12.3. The molecule has 4 rings (SSSR count). The van der Waals surface area contributed by atoms with Gasteiger partial charge >= 0.3 is 0 Å². The Morgan fingerprint density at radius 3 is 2.77 bits per heavy atom. The van der Waals surface area contributed by atoms with Gasteiger partial charge in [0.15, 0.2) is 11.6 Å². The smallest absolute Gasteiger partial charge is 0.257 e. The fourth-order valence-corrected chi connectivity index (χ4v) is 2.64. The Bertz CT molecular complexity index is 894. The molecule has 1 aliphatic rings. The second kappa shape index (κ2) is 4.52. The summed E-state index contributed by atoms with van der Waals surface area (Å²) in [5, 5.41) is 10.6. The first-order valence-corrected chi connectivity index (χ1v) is 6.82. The highest BCUT2D eigenvalue weighted by atomic mass is 16.5. The van der Waals surface area contributed by atoms with Crippen LogP contribution >= 0.6 is 0 Å². The van der Waals surface area contributed by atoms with Gasteiger partial charge in [-0.05, 0) is 31.5 Å². The van der Waals surface area contributed by atoms with E-state index >= 15 is 0 Å². The number of aromatic nitrogens is 3. The first kappa shape index (κ1) is 12.8.